The molecular weight excluding hydrogens is 242 g/mol. The van der Waals surface area contributed by atoms with E-state index in [-0.39, 0.29) is 17.8 Å². The van der Waals surface area contributed by atoms with E-state index in [1.165, 1.54) is 0 Å². The van der Waals surface area contributed by atoms with E-state index in [9.17, 15) is 4.79 Å². The van der Waals surface area contributed by atoms with Gasteiger partial charge in [-0.1, -0.05) is 6.92 Å². The summed E-state index contributed by atoms with van der Waals surface area (Å²) in [6.45, 7) is 2.74. The van der Waals surface area contributed by atoms with Crippen LogP contribution in [0.2, 0.25) is 0 Å². The molecule has 0 aliphatic carbocycles. The van der Waals surface area contributed by atoms with Gasteiger partial charge in [0.05, 0.1) is 6.04 Å². The fraction of sp³-hybridized carbons (Fsp3) is 0.462. The van der Waals surface area contributed by atoms with Crippen molar-refractivity contribution in [3.63, 3.8) is 0 Å². The van der Waals surface area contributed by atoms with Gasteiger partial charge in [0.1, 0.15) is 5.82 Å². The minimum atomic E-state index is -0.0898. The molecule has 0 saturated carbocycles. The molecule has 3 rings (SSSR count). The average molecular weight is 259 g/mol. The summed E-state index contributed by atoms with van der Waals surface area (Å²) in [5.41, 5.74) is 1.08. The van der Waals surface area contributed by atoms with Crippen LogP contribution < -0.4 is 0 Å². The van der Waals surface area contributed by atoms with Gasteiger partial charge in [0.15, 0.2) is 0 Å². The predicted molar refractivity (Wildman–Crippen MR) is 69.6 cm³/mol. The predicted octanol–water partition coefficient (Wildman–Crippen LogP) is 1.67. The highest BCUT2D eigenvalue weighted by Gasteiger charge is 2.32. The van der Waals surface area contributed by atoms with Gasteiger partial charge in [0.25, 0.3) is 5.91 Å². The summed E-state index contributed by atoms with van der Waals surface area (Å²) in [6, 6.07) is 4.09. The molecule has 0 bridgehead atoms. The van der Waals surface area contributed by atoms with E-state index in [4.69, 9.17) is 0 Å². The molecule has 2 aromatic rings. The smallest absolute Gasteiger partial charge is 0.294 e. The van der Waals surface area contributed by atoms with Crippen molar-refractivity contribution in [2.75, 3.05) is 6.54 Å². The normalized spacial score (nSPS) is 19.0. The third-order valence-corrected chi connectivity index (χ3v) is 3.55. The fourth-order valence-electron chi connectivity index (χ4n) is 2.56. The fourth-order valence-corrected chi connectivity index (χ4v) is 2.56. The van der Waals surface area contributed by atoms with E-state index >= 15 is 0 Å². The van der Waals surface area contributed by atoms with Crippen LogP contribution in [0.15, 0.2) is 18.3 Å². The minimum Gasteiger partial charge on any atom is -0.363 e. The lowest BCUT2D eigenvalue weighted by atomic mass is 10.1. The molecule has 6 heteroatoms. The molecule has 6 nitrogen and oxygen atoms in total. The third-order valence-electron chi connectivity index (χ3n) is 3.55. The lowest BCUT2D eigenvalue weighted by molar-refractivity contribution is 0.0721. The monoisotopic (exact) mass is 259 g/mol. The van der Waals surface area contributed by atoms with Crippen LogP contribution in [-0.4, -0.2) is 37.5 Å². The molecule has 19 heavy (non-hydrogen) atoms. The van der Waals surface area contributed by atoms with Crippen molar-refractivity contribution >= 4 is 5.91 Å². The van der Waals surface area contributed by atoms with Crippen LogP contribution in [0.4, 0.5) is 0 Å². The maximum absolute atomic E-state index is 12.4. The van der Waals surface area contributed by atoms with E-state index in [2.05, 4.69) is 20.2 Å². The Morgan fingerprint density at radius 1 is 1.58 bits per heavy atom. The second kappa shape index (κ2) is 4.87. The van der Waals surface area contributed by atoms with Crippen LogP contribution in [0, 0.1) is 0 Å². The number of aromatic amines is 2. The third kappa shape index (κ3) is 2.14. The second-order valence-corrected chi connectivity index (χ2v) is 4.74. The minimum absolute atomic E-state index is 0.0898. The molecule has 100 valence electrons. The molecule has 3 heterocycles. The molecule has 0 spiro atoms. The second-order valence-electron chi connectivity index (χ2n) is 4.74. The summed E-state index contributed by atoms with van der Waals surface area (Å²) in [5, 5.41) is 6.80. The van der Waals surface area contributed by atoms with Gasteiger partial charge in [-0.15, -0.1) is 5.10 Å². The van der Waals surface area contributed by atoms with E-state index in [1.54, 1.807) is 0 Å². The summed E-state index contributed by atoms with van der Waals surface area (Å²) in [7, 11) is 0. The lowest BCUT2D eigenvalue weighted by Gasteiger charge is -2.22. The number of carbonyl (C=O) groups is 1. The van der Waals surface area contributed by atoms with E-state index < -0.39 is 0 Å². The Morgan fingerprint density at radius 3 is 3.16 bits per heavy atom. The summed E-state index contributed by atoms with van der Waals surface area (Å²) >= 11 is 0. The zero-order valence-electron chi connectivity index (χ0n) is 10.9. The number of likely N-dealkylation sites (tertiary alicyclic amines) is 1. The zero-order valence-corrected chi connectivity index (χ0v) is 10.9. The van der Waals surface area contributed by atoms with Crippen LogP contribution in [0.1, 0.15) is 47.9 Å². The van der Waals surface area contributed by atoms with Crippen LogP contribution in [0.25, 0.3) is 0 Å². The number of rotatable bonds is 3. The van der Waals surface area contributed by atoms with Crippen molar-refractivity contribution in [2.45, 2.75) is 32.2 Å². The molecule has 1 aliphatic rings. The number of aryl methyl sites for hydroxylation is 1. The standard InChI is InChI=1S/C13H17N5O/c1-2-11-15-12(17-16-11)13(19)18-8-4-6-10(18)9-5-3-7-14-9/h3,5,7,10,14H,2,4,6,8H2,1H3,(H,15,16,17). The van der Waals surface area contributed by atoms with Gasteiger partial charge < -0.3 is 9.88 Å². The molecule has 1 unspecified atom stereocenters. The van der Waals surface area contributed by atoms with Crippen molar-refractivity contribution in [3.8, 4) is 0 Å². The number of nitrogens with one attached hydrogen (secondary N) is 2. The van der Waals surface area contributed by atoms with Crippen molar-refractivity contribution in [2.24, 2.45) is 0 Å². The van der Waals surface area contributed by atoms with Gasteiger partial charge >= 0.3 is 0 Å². The number of nitrogens with zero attached hydrogens (tertiary/aromatic N) is 3. The van der Waals surface area contributed by atoms with E-state index in [0.29, 0.717) is 0 Å². The molecule has 0 radical (unpaired) electrons. The SMILES string of the molecule is CCc1nc(C(=O)N2CCCC2c2ccc[nH]2)n[nH]1. The highest BCUT2D eigenvalue weighted by Crippen LogP contribution is 2.31. The van der Waals surface area contributed by atoms with Gasteiger partial charge in [-0.2, -0.15) is 0 Å². The largest absolute Gasteiger partial charge is 0.363 e. The first-order valence-corrected chi connectivity index (χ1v) is 6.65. The maximum Gasteiger partial charge on any atom is 0.294 e. The van der Waals surface area contributed by atoms with Crippen LogP contribution >= 0.6 is 0 Å². The summed E-state index contributed by atoms with van der Waals surface area (Å²) in [6.07, 6.45) is 4.64. The van der Waals surface area contributed by atoms with Crippen LogP contribution in [0.3, 0.4) is 0 Å². The number of hydrogen-bond donors (Lipinski definition) is 2. The van der Waals surface area contributed by atoms with Crippen molar-refractivity contribution in [1.82, 2.24) is 25.1 Å². The van der Waals surface area contributed by atoms with Gasteiger partial charge in [-0.05, 0) is 25.0 Å². The highest BCUT2D eigenvalue weighted by molar-refractivity contribution is 5.90. The molecule has 1 saturated heterocycles. The number of aromatic nitrogens is 4. The van der Waals surface area contributed by atoms with Crippen molar-refractivity contribution in [1.29, 1.82) is 0 Å². The maximum atomic E-state index is 12.4. The Morgan fingerprint density at radius 2 is 2.47 bits per heavy atom. The zero-order chi connectivity index (χ0) is 13.2. The van der Waals surface area contributed by atoms with Gasteiger partial charge in [-0.3, -0.25) is 9.89 Å². The topological polar surface area (TPSA) is 77.7 Å². The average Bonchev–Trinajstić information content (AvgIpc) is 3.16. The number of carbonyl (C=O) groups excluding carboxylic acids is 1. The Kier molecular flexibility index (Phi) is 3.06. The molecule has 1 aliphatic heterocycles. The lowest BCUT2D eigenvalue weighted by Crippen LogP contribution is -2.31. The Labute approximate surface area is 111 Å². The number of H-pyrrole nitrogens is 2. The van der Waals surface area contributed by atoms with Crippen molar-refractivity contribution < 1.29 is 4.79 Å². The molecule has 1 amide bonds. The molecule has 2 N–H and O–H groups in total. The first-order valence-electron chi connectivity index (χ1n) is 6.65. The number of hydrogen-bond acceptors (Lipinski definition) is 3. The van der Waals surface area contributed by atoms with E-state index in [1.807, 2.05) is 30.2 Å². The quantitative estimate of drug-likeness (QED) is 0.880. The van der Waals surface area contributed by atoms with Crippen molar-refractivity contribution in [3.05, 3.63) is 35.7 Å². The molecular formula is C13H17N5O. The summed E-state index contributed by atoms with van der Waals surface area (Å²) < 4.78 is 0. The summed E-state index contributed by atoms with van der Waals surface area (Å²) in [5.74, 6) is 0.933. The van der Waals surface area contributed by atoms with Gasteiger partial charge in [-0.25, -0.2) is 4.98 Å². The number of amides is 1. The highest BCUT2D eigenvalue weighted by atomic mass is 16.2. The van der Waals surface area contributed by atoms with Gasteiger partial charge in [0.2, 0.25) is 5.82 Å². The first kappa shape index (κ1) is 12.0. The van der Waals surface area contributed by atoms with Gasteiger partial charge in [0, 0.05) is 24.9 Å². The summed E-state index contributed by atoms with van der Waals surface area (Å²) in [4.78, 5) is 21.7. The van der Waals surface area contributed by atoms with Crippen LogP contribution in [-0.2, 0) is 6.42 Å². The molecule has 2 aromatic heterocycles. The molecule has 0 aromatic carbocycles. The Bertz CT molecular complexity index is 559. The first-order chi connectivity index (χ1) is 9.29. The molecule has 1 atom stereocenters. The Balaban J connectivity index is 1.82. The molecule has 1 fully saturated rings. The van der Waals surface area contributed by atoms with E-state index in [0.717, 1.165) is 37.3 Å². The Hall–Kier alpha value is -2.11. The van der Waals surface area contributed by atoms with Crippen LogP contribution in [0.5, 0.6) is 0 Å².